The molecule has 0 saturated heterocycles. The van der Waals surface area contributed by atoms with Gasteiger partial charge in [-0.2, -0.15) is 0 Å². The van der Waals surface area contributed by atoms with E-state index in [0.29, 0.717) is 6.07 Å². The molecule has 0 radical (unpaired) electrons. The number of amides is 2. The van der Waals surface area contributed by atoms with Gasteiger partial charge in [0.05, 0.1) is 11.3 Å². The molecule has 10 heteroatoms. The summed E-state index contributed by atoms with van der Waals surface area (Å²) in [5.41, 5.74) is 8.77. The van der Waals surface area contributed by atoms with Gasteiger partial charge in [0.15, 0.2) is 0 Å². The number of hydrogen-bond acceptors (Lipinski definition) is 6. The number of hydrogen-bond donors (Lipinski definition) is 3. The number of benzene rings is 1. The van der Waals surface area contributed by atoms with Crippen LogP contribution in [0, 0.1) is 11.6 Å². The average Bonchev–Trinajstić information content (AvgIpc) is 2.78. The fourth-order valence-corrected chi connectivity index (χ4v) is 1.37. The Hall–Kier alpha value is -3.04. The van der Waals surface area contributed by atoms with Crippen LogP contribution in [0.15, 0.2) is 16.8 Å². The van der Waals surface area contributed by atoms with E-state index < -0.39 is 34.7 Å². The molecule has 0 aliphatic carbocycles. The first-order chi connectivity index (χ1) is 9.40. The normalized spacial score (nSPS) is 10.3. The number of anilines is 2. The van der Waals surface area contributed by atoms with Gasteiger partial charge in [-0.05, 0) is 16.4 Å². The van der Waals surface area contributed by atoms with Gasteiger partial charge in [-0.1, -0.05) is 0 Å². The summed E-state index contributed by atoms with van der Waals surface area (Å²) < 4.78 is 30.9. The predicted octanol–water partition coefficient (Wildman–Crippen LogP) is 0.281. The van der Waals surface area contributed by atoms with Crippen molar-refractivity contribution in [3.8, 4) is 0 Å². The van der Waals surface area contributed by atoms with Crippen LogP contribution in [0.3, 0.4) is 0 Å². The van der Waals surface area contributed by atoms with Crippen LogP contribution in [0.25, 0.3) is 0 Å². The lowest BCUT2D eigenvalue weighted by molar-refractivity contribution is 0.0991. The number of nitrogens with two attached hydrogens (primary N) is 2. The quantitative estimate of drug-likeness (QED) is 0.739. The highest BCUT2D eigenvalue weighted by Crippen LogP contribution is 2.20. The van der Waals surface area contributed by atoms with Gasteiger partial charge in [0.2, 0.25) is 11.5 Å². The van der Waals surface area contributed by atoms with E-state index in [1.807, 2.05) is 5.32 Å². The number of nitrogen functional groups attached to an aromatic ring is 1. The number of rotatable bonds is 3. The highest BCUT2D eigenvalue weighted by atomic mass is 19.1. The lowest BCUT2D eigenvalue weighted by Gasteiger charge is -2.07. The van der Waals surface area contributed by atoms with Crippen LogP contribution >= 0.6 is 0 Å². The van der Waals surface area contributed by atoms with E-state index >= 15 is 0 Å². The molecule has 0 saturated carbocycles. The Labute approximate surface area is 109 Å². The maximum Gasteiger partial charge on any atom is 0.281 e. The molecule has 0 unspecified atom stereocenters. The van der Waals surface area contributed by atoms with Crippen LogP contribution < -0.4 is 16.8 Å². The van der Waals surface area contributed by atoms with Crippen molar-refractivity contribution in [3.05, 3.63) is 35.0 Å². The molecular formula is C10H7F2N5O3. The summed E-state index contributed by atoms with van der Waals surface area (Å²) in [6.45, 7) is 0. The second-order valence-corrected chi connectivity index (χ2v) is 3.63. The molecule has 2 aromatic rings. The SMILES string of the molecule is NC(=O)c1cc(NC(=O)c2nonc2N)c(F)cc1F. The minimum Gasteiger partial charge on any atom is -0.379 e. The van der Waals surface area contributed by atoms with Gasteiger partial charge in [-0.3, -0.25) is 9.59 Å². The molecule has 0 aliphatic rings. The Morgan fingerprint density at radius 2 is 1.90 bits per heavy atom. The highest BCUT2D eigenvalue weighted by Gasteiger charge is 2.20. The van der Waals surface area contributed by atoms with Crippen LogP contribution in [0.4, 0.5) is 20.3 Å². The zero-order valence-corrected chi connectivity index (χ0v) is 9.68. The molecule has 1 aromatic heterocycles. The van der Waals surface area contributed by atoms with E-state index in [2.05, 4.69) is 14.9 Å². The predicted molar refractivity (Wildman–Crippen MR) is 61.5 cm³/mol. The number of carbonyl (C=O) groups is 2. The number of primary amides is 1. The summed E-state index contributed by atoms with van der Waals surface area (Å²) in [6, 6.07) is 1.18. The Morgan fingerprint density at radius 3 is 2.45 bits per heavy atom. The van der Waals surface area contributed by atoms with E-state index in [9.17, 15) is 18.4 Å². The maximum absolute atomic E-state index is 13.5. The smallest absolute Gasteiger partial charge is 0.281 e. The Kier molecular flexibility index (Phi) is 3.29. The van der Waals surface area contributed by atoms with E-state index in [1.165, 1.54) is 0 Å². The lowest BCUT2D eigenvalue weighted by Crippen LogP contribution is -2.18. The van der Waals surface area contributed by atoms with Crippen LogP contribution in [0.2, 0.25) is 0 Å². The molecule has 0 spiro atoms. The number of halogens is 2. The third-order valence-electron chi connectivity index (χ3n) is 2.30. The molecule has 0 atom stereocenters. The largest absolute Gasteiger partial charge is 0.379 e. The Morgan fingerprint density at radius 1 is 1.20 bits per heavy atom. The summed E-state index contributed by atoms with van der Waals surface area (Å²) in [5.74, 6) is -4.60. The van der Waals surface area contributed by atoms with Crippen molar-refractivity contribution in [2.24, 2.45) is 5.73 Å². The Balaban J connectivity index is 2.34. The molecule has 104 valence electrons. The first-order valence-electron chi connectivity index (χ1n) is 5.08. The molecular weight excluding hydrogens is 276 g/mol. The summed E-state index contributed by atoms with van der Waals surface area (Å²) in [6.07, 6.45) is 0. The molecule has 5 N–H and O–H groups in total. The van der Waals surface area contributed by atoms with Crippen molar-refractivity contribution >= 4 is 23.3 Å². The van der Waals surface area contributed by atoms with Crippen molar-refractivity contribution in [3.63, 3.8) is 0 Å². The molecule has 0 bridgehead atoms. The number of nitrogens with one attached hydrogen (secondary N) is 1. The second-order valence-electron chi connectivity index (χ2n) is 3.63. The minimum absolute atomic E-state index is 0.305. The molecule has 20 heavy (non-hydrogen) atoms. The number of aromatic nitrogens is 2. The number of nitrogens with zero attached hydrogens (tertiary/aromatic N) is 2. The van der Waals surface area contributed by atoms with Gasteiger partial charge < -0.3 is 16.8 Å². The van der Waals surface area contributed by atoms with Gasteiger partial charge >= 0.3 is 0 Å². The van der Waals surface area contributed by atoms with E-state index in [1.54, 1.807) is 0 Å². The second kappa shape index (κ2) is 4.91. The third kappa shape index (κ3) is 2.39. The summed E-state index contributed by atoms with van der Waals surface area (Å²) in [4.78, 5) is 22.6. The summed E-state index contributed by atoms with van der Waals surface area (Å²) in [5, 5.41) is 8.41. The molecule has 8 nitrogen and oxygen atoms in total. The average molecular weight is 283 g/mol. The van der Waals surface area contributed by atoms with E-state index in [-0.39, 0.29) is 11.5 Å². The summed E-state index contributed by atoms with van der Waals surface area (Å²) >= 11 is 0. The van der Waals surface area contributed by atoms with Gasteiger partial charge in [0, 0.05) is 6.07 Å². The van der Waals surface area contributed by atoms with Crippen molar-refractivity contribution in [2.45, 2.75) is 0 Å². The zero-order valence-electron chi connectivity index (χ0n) is 9.68. The van der Waals surface area contributed by atoms with Crippen molar-refractivity contribution in [1.29, 1.82) is 0 Å². The standard InChI is InChI=1S/C10H7F2N5O3/c11-4-2-5(12)6(1-3(4)9(14)18)15-10(19)7-8(13)17-20-16-7/h1-2H,(H2,13,17)(H2,14,18)(H,15,19). The highest BCUT2D eigenvalue weighted by molar-refractivity contribution is 6.06. The van der Waals surface area contributed by atoms with Crippen molar-refractivity contribution in [1.82, 2.24) is 10.3 Å². The third-order valence-corrected chi connectivity index (χ3v) is 2.30. The lowest BCUT2D eigenvalue weighted by atomic mass is 10.1. The van der Waals surface area contributed by atoms with Crippen molar-refractivity contribution < 1.29 is 23.0 Å². The maximum atomic E-state index is 13.5. The molecule has 2 amide bonds. The summed E-state index contributed by atoms with van der Waals surface area (Å²) in [7, 11) is 0. The van der Waals surface area contributed by atoms with Crippen LogP contribution in [-0.2, 0) is 0 Å². The molecule has 1 aromatic carbocycles. The minimum atomic E-state index is -1.14. The molecule has 1 heterocycles. The first kappa shape index (κ1) is 13.4. The first-order valence-corrected chi connectivity index (χ1v) is 5.08. The number of carbonyl (C=O) groups excluding carboxylic acids is 2. The van der Waals surface area contributed by atoms with Gasteiger partial charge in [0.25, 0.3) is 11.8 Å². The van der Waals surface area contributed by atoms with E-state index in [0.717, 1.165) is 6.07 Å². The topological polar surface area (TPSA) is 137 Å². The fraction of sp³-hybridized carbons (Fsp3) is 0. The zero-order chi connectivity index (χ0) is 14.9. The van der Waals surface area contributed by atoms with Crippen LogP contribution in [0.5, 0.6) is 0 Å². The molecule has 0 aliphatic heterocycles. The van der Waals surface area contributed by atoms with Crippen molar-refractivity contribution in [2.75, 3.05) is 11.1 Å². The van der Waals surface area contributed by atoms with Gasteiger partial charge in [-0.25, -0.2) is 13.4 Å². The van der Waals surface area contributed by atoms with Crippen LogP contribution in [0.1, 0.15) is 20.8 Å². The van der Waals surface area contributed by atoms with Crippen LogP contribution in [-0.4, -0.2) is 22.1 Å². The molecule has 0 fully saturated rings. The molecule has 2 rings (SSSR count). The van der Waals surface area contributed by atoms with E-state index in [4.69, 9.17) is 11.5 Å². The van der Waals surface area contributed by atoms with Gasteiger partial charge in [0.1, 0.15) is 11.6 Å². The fourth-order valence-electron chi connectivity index (χ4n) is 1.37. The monoisotopic (exact) mass is 283 g/mol. The van der Waals surface area contributed by atoms with Gasteiger partial charge in [-0.15, -0.1) is 0 Å². The Bertz CT molecular complexity index is 700.